The number of rotatable bonds is 8. The zero-order valence-electron chi connectivity index (χ0n) is 8.04. The van der Waals surface area contributed by atoms with Crippen LogP contribution >= 0.6 is 0 Å². The average Bonchev–Trinajstić information content (AvgIpc) is 2.89. The molecule has 1 aliphatic carbocycles. The maximum Gasteiger partial charge on any atom is 0.0897 e. The fraction of sp³-hybridized carbons (Fsp3) is 0.800. The smallest absolute Gasteiger partial charge is 0.0897 e. The molecule has 0 amide bonds. The predicted octanol–water partition coefficient (Wildman–Crippen LogP) is 0.549. The van der Waals surface area contributed by atoms with E-state index in [4.69, 9.17) is 4.74 Å². The highest BCUT2D eigenvalue weighted by atomic mass is 16.5. The highest BCUT2D eigenvalue weighted by molar-refractivity contribution is 4.73. The van der Waals surface area contributed by atoms with E-state index >= 15 is 0 Å². The van der Waals surface area contributed by atoms with Crippen LogP contribution in [0.4, 0.5) is 0 Å². The molecule has 13 heavy (non-hydrogen) atoms. The number of aliphatic hydroxyl groups excluding tert-OH is 1. The van der Waals surface area contributed by atoms with Crippen LogP contribution in [0, 0.1) is 5.92 Å². The van der Waals surface area contributed by atoms with Crippen LogP contribution in [-0.4, -0.2) is 37.5 Å². The van der Waals surface area contributed by atoms with Crippen molar-refractivity contribution in [3.05, 3.63) is 12.7 Å². The predicted molar refractivity (Wildman–Crippen MR) is 52.6 cm³/mol. The molecule has 1 rings (SSSR count). The summed E-state index contributed by atoms with van der Waals surface area (Å²) in [6.45, 7) is 6.15. The molecule has 0 aromatic carbocycles. The molecule has 76 valence electrons. The van der Waals surface area contributed by atoms with Gasteiger partial charge in [0.25, 0.3) is 0 Å². The number of aliphatic hydroxyl groups is 1. The first kappa shape index (κ1) is 10.7. The largest absolute Gasteiger partial charge is 0.389 e. The molecule has 2 N–H and O–H groups in total. The number of ether oxygens (including phenoxy) is 1. The second-order valence-corrected chi connectivity index (χ2v) is 3.58. The van der Waals surface area contributed by atoms with Gasteiger partial charge < -0.3 is 15.2 Å². The van der Waals surface area contributed by atoms with Gasteiger partial charge in [-0.2, -0.15) is 0 Å². The molecule has 1 fully saturated rings. The summed E-state index contributed by atoms with van der Waals surface area (Å²) >= 11 is 0. The summed E-state index contributed by atoms with van der Waals surface area (Å²) in [6.07, 6.45) is 3.98. The van der Waals surface area contributed by atoms with Crippen LogP contribution in [0.5, 0.6) is 0 Å². The lowest BCUT2D eigenvalue weighted by molar-refractivity contribution is 0.0330. The van der Waals surface area contributed by atoms with Crippen LogP contribution < -0.4 is 5.32 Å². The highest BCUT2D eigenvalue weighted by Gasteiger charge is 2.21. The van der Waals surface area contributed by atoms with Gasteiger partial charge in [-0.3, -0.25) is 0 Å². The first-order chi connectivity index (χ1) is 6.33. The van der Waals surface area contributed by atoms with Gasteiger partial charge in [0.15, 0.2) is 0 Å². The zero-order valence-corrected chi connectivity index (χ0v) is 8.04. The van der Waals surface area contributed by atoms with E-state index < -0.39 is 6.10 Å². The van der Waals surface area contributed by atoms with Crippen molar-refractivity contribution in [3.8, 4) is 0 Å². The van der Waals surface area contributed by atoms with Crippen molar-refractivity contribution in [2.75, 3.05) is 26.3 Å². The minimum Gasteiger partial charge on any atom is -0.389 e. The molecule has 1 saturated carbocycles. The Balaban J connectivity index is 1.84. The Labute approximate surface area is 79.8 Å². The van der Waals surface area contributed by atoms with Gasteiger partial charge in [-0.25, -0.2) is 0 Å². The van der Waals surface area contributed by atoms with E-state index in [1.807, 2.05) is 0 Å². The third-order valence-electron chi connectivity index (χ3n) is 2.03. The molecule has 1 unspecified atom stereocenters. The van der Waals surface area contributed by atoms with E-state index in [-0.39, 0.29) is 0 Å². The lowest BCUT2D eigenvalue weighted by atomic mass is 10.3. The molecule has 3 heteroatoms. The van der Waals surface area contributed by atoms with E-state index in [2.05, 4.69) is 11.9 Å². The molecule has 0 spiro atoms. The zero-order chi connectivity index (χ0) is 9.52. The van der Waals surface area contributed by atoms with Crippen molar-refractivity contribution in [1.82, 2.24) is 5.32 Å². The summed E-state index contributed by atoms with van der Waals surface area (Å²) < 4.78 is 5.33. The summed E-state index contributed by atoms with van der Waals surface area (Å²) in [6, 6.07) is 0. The summed E-state index contributed by atoms with van der Waals surface area (Å²) in [4.78, 5) is 0. The van der Waals surface area contributed by atoms with Crippen molar-refractivity contribution in [3.63, 3.8) is 0 Å². The second kappa shape index (κ2) is 6.13. The Hall–Kier alpha value is -0.380. The van der Waals surface area contributed by atoms with Crippen LogP contribution in [0.2, 0.25) is 0 Å². The average molecular weight is 185 g/mol. The lowest BCUT2D eigenvalue weighted by Crippen LogP contribution is -2.30. The van der Waals surface area contributed by atoms with Gasteiger partial charge in [-0.15, -0.1) is 6.58 Å². The Bertz CT molecular complexity index is 146. The fourth-order valence-corrected chi connectivity index (χ4v) is 1.07. The maximum absolute atomic E-state index is 9.39. The third-order valence-corrected chi connectivity index (χ3v) is 2.03. The molecular weight excluding hydrogens is 166 g/mol. The van der Waals surface area contributed by atoms with Gasteiger partial charge in [0.1, 0.15) is 0 Å². The molecule has 0 aromatic heterocycles. The van der Waals surface area contributed by atoms with Crippen LogP contribution in [-0.2, 0) is 4.74 Å². The van der Waals surface area contributed by atoms with Crippen LogP contribution in [0.15, 0.2) is 12.7 Å². The molecular formula is C10H19NO2. The van der Waals surface area contributed by atoms with E-state index in [1.165, 1.54) is 12.8 Å². The molecule has 0 saturated heterocycles. The summed E-state index contributed by atoms with van der Waals surface area (Å²) in [7, 11) is 0. The Morgan fingerprint density at radius 2 is 2.38 bits per heavy atom. The third kappa shape index (κ3) is 5.80. The lowest BCUT2D eigenvalue weighted by Gasteiger charge is -2.10. The van der Waals surface area contributed by atoms with Gasteiger partial charge in [-0.1, -0.05) is 6.08 Å². The van der Waals surface area contributed by atoms with Crippen molar-refractivity contribution >= 4 is 0 Å². The maximum atomic E-state index is 9.39. The Kier molecular flexibility index (Phi) is 5.05. The van der Waals surface area contributed by atoms with E-state index in [9.17, 15) is 5.11 Å². The molecule has 0 heterocycles. The Morgan fingerprint density at radius 3 is 3.00 bits per heavy atom. The van der Waals surface area contributed by atoms with Gasteiger partial charge in [0.2, 0.25) is 0 Å². The number of nitrogens with one attached hydrogen (secondary N) is 1. The van der Waals surface area contributed by atoms with Crippen molar-refractivity contribution < 1.29 is 9.84 Å². The molecule has 3 nitrogen and oxygen atoms in total. The highest BCUT2D eigenvalue weighted by Crippen LogP contribution is 2.28. The minimum atomic E-state index is -0.390. The van der Waals surface area contributed by atoms with Crippen molar-refractivity contribution in [2.24, 2.45) is 5.92 Å². The fourth-order valence-electron chi connectivity index (χ4n) is 1.07. The first-order valence-electron chi connectivity index (χ1n) is 4.90. The number of hydrogen-bond donors (Lipinski definition) is 2. The second-order valence-electron chi connectivity index (χ2n) is 3.58. The van der Waals surface area contributed by atoms with Crippen molar-refractivity contribution in [2.45, 2.75) is 18.9 Å². The van der Waals surface area contributed by atoms with Crippen LogP contribution in [0.1, 0.15) is 12.8 Å². The van der Waals surface area contributed by atoms with Gasteiger partial charge >= 0.3 is 0 Å². The normalized spacial score (nSPS) is 18.5. The Morgan fingerprint density at radius 1 is 1.62 bits per heavy atom. The van der Waals surface area contributed by atoms with Gasteiger partial charge in [0.05, 0.1) is 12.7 Å². The van der Waals surface area contributed by atoms with Crippen LogP contribution in [0.3, 0.4) is 0 Å². The topological polar surface area (TPSA) is 41.5 Å². The van der Waals surface area contributed by atoms with Gasteiger partial charge in [0, 0.05) is 19.7 Å². The monoisotopic (exact) mass is 185 g/mol. The van der Waals surface area contributed by atoms with Gasteiger partial charge in [-0.05, 0) is 18.8 Å². The molecule has 0 aromatic rings. The molecule has 0 radical (unpaired) electrons. The number of hydrogen-bond acceptors (Lipinski definition) is 3. The molecule has 0 aliphatic heterocycles. The standard InChI is InChI=1S/C10H19NO2/c1-2-5-11-6-10(12)8-13-7-9-3-4-9/h2,9-12H,1,3-8H2. The van der Waals surface area contributed by atoms with Crippen molar-refractivity contribution in [1.29, 1.82) is 0 Å². The molecule has 1 atom stereocenters. The SMILES string of the molecule is C=CCNCC(O)COCC1CC1. The van der Waals surface area contributed by atoms with Crippen LogP contribution in [0.25, 0.3) is 0 Å². The summed E-state index contributed by atoms with van der Waals surface area (Å²) in [5.41, 5.74) is 0. The first-order valence-corrected chi connectivity index (χ1v) is 4.90. The molecule has 0 bridgehead atoms. The molecule has 1 aliphatic rings. The summed E-state index contributed by atoms with van der Waals surface area (Å²) in [5.74, 6) is 0.772. The van der Waals surface area contributed by atoms with E-state index in [1.54, 1.807) is 6.08 Å². The summed E-state index contributed by atoms with van der Waals surface area (Å²) in [5, 5.41) is 12.4. The quantitative estimate of drug-likeness (QED) is 0.428. The van der Waals surface area contributed by atoms with E-state index in [0.717, 1.165) is 19.1 Å². The van der Waals surface area contributed by atoms with E-state index in [0.29, 0.717) is 13.2 Å². The minimum absolute atomic E-state index is 0.390.